The van der Waals surface area contributed by atoms with Crippen LogP contribution in [0.1, 0.15) is 45.7 Å². The van der Waals surface area contributed by atoms with Crippen LogP contribution in [0.3, 0.4) is 0 Å². The predicted molar refractivity (Wildman–Crippen MR) is 86.4 cm³/mol. The molecular weight excluding hydrogens is 248 g/mol. The molecule has 0 spiro atoms. The van der Waals surface area contributed by atoms with E-state index in [1.165, 1.54) is 12.0 Å². The Kier molecular flexibility index (Phi) is 7.63. The van der Waals surface area contributed by atoms with Crippen LogP contribution in [0.25, 0.3) is 0 Å². The molecule has 0 aliphatic carbocycles. The Morgan fingerprint density at radius 1 is 1.15 bits per heavy atom. The molecule has 1 unspecified atom stereocenters. The third-order valence-electron chi connectivity index (χ3n) is 3.63. The number of benzene rings is 1. The Labute approximate surface area is 124 Å². The van der Waals surface area contributed by atoms with Crippen molar-refractivity contribution in [2.24, 2.45) is 0 Å². The molecule has 1 atom stereocenters. The van der Waals surface area contributed by atoms with Gasteiger partial charge in [-0.25, -0.2) is 0 Å². The molecule has 1 aromatic carbocycles. The summed E-state index contributed by atoms with van der Waals surface area (Å²) in [6, 6.07) is 9.36. The lowest BCUT2D eigenvalue weighted by molar-refractivity contribution is 0.198. The topological polar surface area (TPSA) is 24.5 Å². The van der Waals surface area contributed by atoms with E-state index in [2.05, 4.69) is 50.0 Å². The van der Waals surface area contributed by atoms with E-state index < -0.39 is 0 Å². The molecule has 0 amide bonds. The summed E-state index contributed by atoms with van der Waals surface area (Å²) in [5.74, 6) is 0.915. The monoisotopic (exact) mass is 278 g/mol. The Morgan fingerprint density at radius 3 is 2.25 bits per heavy atom. The van der Waals surface area contributed by atoms with Crippen LogP contribution in [0.5, 0.6) is 5.75 Å². The molecule has 0 saturated carbocycles. The van der Waals surface area contributed by atoms with Gasteiger partial charge in [-0.1, -0.05) is 26.0 Å². The van der Waals surface area contributed by atoms with Gasteiger partial charge in [0.15, 0.2) is 0 Å². The number of ether oxygens (including phenoxy) is 1. The molecule has 0 bridgehead atoms. The van der Waals surface area contributed by atoms with Crippen molar-refractivity contribution in [3.05, 3.63) is 29.8 Å². The molecule has 1 aromatic rings. The van der Waals surface area contributed by atoms with Gasteiger partial charge in [-0.3, -0.25) is 4.90 Å². The van der Waals surface area contributed by atoms with Crippen molar-refractivity contribution in [3.8, 4) is 5.75 Å². The lowest BCUT2D eigenvalue weighted by Crippen LogP contribution is -2.39. The van der Waals surface area contributed by atoms with Gasteiger partial charge in [0, 0.05) is 18.6 Å². The number of nitrogens with one attached hydrogen (secondary N) is 1. The van der Waals surface area contributed by atoms with E-state index in [0.29, 0.717) is 12.1 Å². The molecular formula is C17H30N2O. The Balaban J connectivity index is 2.80. The standard InChI is InChI=1S/C17H30N2O/c1-6-12-19(14(3)4)13-17(18-7-2)15-8-10-16(20-5)11-9-15/h8-11,14,17-18H,6-7,12-13H2,1-5H3. The number of likely N-dealkylation sites (N-methyl/N-ethyl adjacent to an activating group) is 1. The zero-order valence-corrected chi connectivity index (χ0v) is 13.6. The fraction of sp³-hybridized carbons (Fsp3) is 0.647. The summed E-state index contributed by atoms with van der Waals surface area (Å²) >= 11 is 0. The summed E-state index contributed by atoms with van der Waals surface area (Å²) in [5, 5.41) is 3.60. The van der Waals surface area contributed by atoms with Gasteiger partial charge in [-0.15, -0.1) is 0 Å². The van der Waals surface area contributed by atoms with Crippen molar-refractivity contribution in [2.45, 2.75) is 46.2 Å². The van der Waals surface area contributed by atoms with Crippen LogP contribution in [0, 0.1) is 0 Å². The fourth-order valence-electron chi connectivity index (χ4n) is 2.45. The molecule has 1 N–H and O–H groups in total. The van der Waals surface area contributed by atoms with Crippen LogP contribution in [0.4, 0.5) is 0 Å². The van der Waals surface area contributed by atoms with Crippen molar-refractivity contribution >= 4 is 0 Å². The number of methoxy groups -OCH3 is 1. The zero-order chi connectivity index (χ0) is 15.0. The van der Waals surface area contributed by atoms with E-state index in [1.54, 1.807) is 7.11 Å². The van der Waals surface area contributed by atoms with Crippen LogP contribution in [-0.4, -0.2) is 37.7 Å². The normalized spacial score (nSPS) is 12.9. The highest BCUT2D eigenvalue weighted by atomic mass is 16.5. The molecule has 0 aliphatic heterocycles. The minimum absolute atomic E-state index is 0.375. The Bertz CT molecular complexity index is 362. The number of hydrogen-bond donors (Lipinski definition) is 1. The third-order valence-corrected chi connectivity index (χ3v) is 3.63. The van der Waals surface area contributed by atoms with Crippen molar-refractivity contribution in [1.29, 1.82) is 0 Å². The summed E-state index contributed by atoms with van der Waals surface area (Å²) in [7, 11) is 1.71. The van der Waals surface area contributed by atoms with Gasteiger partial charge in [-0.05, 0) is 51.1 Å². The van der Waals surface area contributed by atoms with E-state index in [1.807, 2.05) is 12.1 Å². The number of hydrogen-bond acceptors (Lipinski definition) is 3. The van der Waals surface area contributed by atoms with Gasteiger partial charge >= 0.3 is 0 Å². The second kappa shape index (κ2) is 8.98. The second-order valence-corrected chi connectivity index (χ2v) is 5.47. The van der Waals surface area contributed by atoms with E-state index in [-0.39, 0.29) is 0 Å². The lowest BCUT2D eigenvalue weighted by Gasteiger charge is -2.31. The minimum Gasteiger partial charge on any atom is -0.497 e. The first kappa shape index (κ1) is 17.0. The van der Waals surface area contributed by atoms with E-state index in [4.69, 9.17) is 4.74 Å². The van der Waals surface area contributed by atoms with Crippen LogP contribution < -0.4 is 10.1 Å². The molecule has 20 heavy (non-hydrogen) atoms. The molecule has 3 nitrogen and oxygen atoms in total. The van der Waals surface area contributed by atoms with Gasteiger partial charge < -0.3 is 10.1 Å². The van der Waals surface area contributed by atoms with Crippen molar-refractivity contribution in [2.75, 3.05) is 26.7 Å². The van der Waals surface area contributed by atoms with Gasteiger partial charge in [0.1, 0.15) is 5.75 Å². The fourth-order valence-corrected chi connectivity index (χ4v) is 2.45. The summed E-state index contributed by atoms with van der Waals surface area (Å²) < 4.78 is 5.24. The molecule has 0 heterocycles. The van der Waals surface area contributed by atoms with Crippen molar-refractivity contribution < 1.29 is 4.74 Å². The van der Waals surface area contributed by atoms with Gasteiger partial charge in [0.25, 0.3) is 0 Å². The highest BCUT2D eigenvalue weighted by Crippen LogP contribution is 2.19. The molecule has 3 heteroatoms. The zero-order valence-electron chi connectivity index (χ0n) is 13.6. The second-order valence-electron chi connectivity index (χ2n) is 5.47. The molecule has 0 aliphatic rings. The molecule has 0 radical (unpaired) electrons. The minimum atomic E-state index is 0.375. The first-order valence-corrected chi connectivity index (χ1v) is 7.73. The Hall–Kier alpha value is -1.06. The maximum absolute atomic E-state index is 5.24. The first-order chi connectivity index (χ1) is 9.62. The number of nitrogens with zero attached hydrogens (tertiary/aromatic N) is 1. The van der Waals surface area contributed by atoms with E-state index in [9.17, 15) is 0 Å². The summed E-state index contributed by atoms with van der Waals surface area (Å²) in [6.45, 7) is 12.1. The maximum Gasteiger partial charge on any atom is 0.118 e. The summed E-state index contributed by atoms with van der Waals surface area (Å²) in [6.07, 6.45) is 1.19. The summed E-state index contributed by atoms with van der Waals surface area (Å²) in [4.78, 5) is 2.54. The lowest BCUT2D eigenvalue weighted by atomic mass is 10.1. The third kappa shape index (κ3) is 5.14. The maximum atomic E-state index is 5.24. The highest BCUT2D eigenvalue weighted by Gasteiger charge is 2.17. The average molecular weight is 278 g/mol. The average Bonchev–Trinajstić information content (AvgIpc) is 2.46. The molecule has 114 valence electrons. The van der Waals surface area contributed by atoms with Crippen LogP contribution in [-0.2, 0) is 0 Å². The van der Waals surface area contributed by atoms with Crippen LogP contribution in [0.15, 0.2) is 24.3 Å². The van der Waals surface area contributed by atoms with Crippen molar-refractivity contribution in [3.63, 3.8) is 0 Å². The van der Waals surface area contributed by atoms with Gasteiger partial charge in [-0.2, -0.15) is 0 Å². The van der Waals surface area contributed by atoms with E-state index >= 15 is 0 Å². The molecule has 0 fully saturated rings. The predicted octanol–water partition coefficient (Wildman–Crippen LogP) is 3.47. The smallest absolute Gasteiger partial charge is 0.118 e. The Morgan fingerprint density at radius 2 is 1.80 bits per heavy atom. The van der Waals surface area contributed by atoms with Crippen LogP contribution >= 0.6 is 0 Å². The van der Waals surface area contributed by atoms with Crippen molar-refractivity contribution in [1.82, 2.24) is 10.2 Å². The van der Waals surface area contributed by atoms with Gasteiger partial charge in [0.2, 0.25) is 0 Å². The summed E-state index contributed by atoms with van der Waals surface area (Å²) in [5.41, 5.74) is 1.33. The molecule has 0 saturated heterocycles. The van der Waals surface area contributed by atoms with E-state index in [0.717, 1.165) is 25.4 Å². The quantitative estimate of drug-likeness (QED) is 0.748. The first-order valence-electron chi connectivity index (χ1n) is 7.73. The highest BCUT2D eigenvalue weighted by molar-refractivity contribution is 5.29. The van der Waals surface area contributed by atoms with Crippen LogP contribution in [0.2, 0.25) is 0 Å². The SMILES string of the molecule is CCCN(CC(NCC)c1ccc(OC)cc1)C(C)C. The van der Waals surface area contributed by atoms with Gasteiger partial charge in [0.05, 0.1) is 7.11 Å². The largest absolute Gasteiger partial charge is 0.497 e. The number of rotatable bonds is 9. The molecule has 1 rings (SSSR count). The molecule has 0 aromatic heterocycles.